The molecule has 1 aliphatic heterocycles. The smallest absolute Gasteiger partial charge is 0.370 e. The molecule has 4 rings (SSSR count). The Morgan fingerprint density at radius 1 is 1.08 bits per heavy atom. The van der Waals surface area contributed by atoms with Crippen LogP contribution in [0.2, 0.25) is 4.34 Å². The number of thiophene rings is 1. The van der Waals surface area contributed by atoms with Gasteiger partial charge in [0.25, 0.3) is 0 Å². The van der Waals surface area contributed by atoms with Crippen molar-refractivity contribution in [3.05, 3.63) is 51.9 Å². The monoisotopic (exact) mass is 397 g/mol. The topological polar surface area (TPSA) is 29.9 Å². The Morgan fingerprint density at radius 2 is 1.85 bits per heavy atom. The summed E-state index contributed by atoms with van der Waals surface area (Å²) in [4.78, 5) is 0.959. The number of halogens is 4. The lowest BCUT2D eigenvalue weighted by Gasteiger charge is -2.11. The molecule has 0 saturated heterocycles. The average Bonchev–Trinajstić information content (AvgIpc) is 3.10. The molecule has 0 amide bonds. The van der Waals surface area contributed by atoms with E-state index in [9.17, 15) is 13.2 Å². The number of fused-ring (bicyclic) bond motifs is 1. The van der Waals surface area contributed by atoms with Gasteiger partial charge in [0, 0.05) is 12.1 Å². The van der Waals surface area contributed by atoms with E-state index in [0.29, 0.717) is 10.0 Å². The van der Waals surface area contributed by atoms with E-state index in [4.69, 9.17) is 16.7 Å². The van der Waals surface area contributed by atoms with Crippen molar-refractivity contribution in [2.75, 3.05) is 11.9 Å². The van der Waals surface area contributed by atoms with Gasteiger partial charge in [0.05, 0.1) is 20.5 Å². The van der Waals surface area contributed by atoms with Crippen molar-refractivity contribution in [1.82, 2.24) is 9.78 Å². The maximum absolute atomic E-state index is 12.8. The Hall–Kier alpha value is -1.99. The van der Waals surface area contributed by atoms with Crippen LogP contribution in [-0.2, 0) is 12.6 Å². The highest BCUT2D eigenvalue weighted by Gasteiger charge is 2.30. The standard InChI is InChI=1S/C18H15ClF3N3S/c19-15-9-8-14(26-15)16-13-3-1-2-10-23-17(13)25(24-16)12-6-4-11(5-7-12)18(20,21)22/h4-9,23H,1-3,10H2. The number of benzene rings is 1. The number of aromatic nitrogens is 2. The molecule has 1 aliphatic rings. The van der Waals surface area contributed by atoms with Crippen LogP contribution in [0.15, 0.2) is 36.4 Å². The van der Waals surface area contributed by atoms with Gasteiger partial charge in [-0.05, 0) is 55.7 Å². The van der Waals surface area contributed by atoms with Crippen molar-refractivity contribution >= 4 is 28.8 Å². The van der Waals surface area contributed by atoms with Crippen LogP contribution in [0.4, 0.5) is 19.0 Å². The molecule has 1 aromatic carbocycles. The van der Waals surface area contributed by atoms with Gasteiger partial charge in [0.2, 0.25) is 0 Å². The molecule has 0 bridgehead atoms. The molecule has 0 spiro atoms. The molecule has 0 saturated carbocycles. The predicted octanol–water partition coefficient (Wildman–Crippen LogP) is 6.02. The quantitative estimate of drug-likeness (QED) is 0.573. The zero-order chi connectivity index (χ0) is 18.3. The number of alkyl halides is 3. The second-order valence-corrected chi connectivity index (χ2v) is 7.83. The van der Waals surface area contributed by atoms with E-state index in [-0.39, 0.29) is 0 Å². The van der Waals surface area contributed by atoms with Gasteiger partial charge in [0.1, 0.15) is 11.5 Å². The fraction of sp³-hybridized carbons (Fsp3) is 0.278. The third kappa shape index (κ3) is 3.21. The summed E-state index contributed by atoms with van der Waals surface area (Å²) in [6.07, 6.45) is -1.42. The summed E-state index contributed by atoms with van der Waals surface area (Å²) < 4.78 is 40.9. The van der Waals surface area contributed by atoms with Crippen LogP contribution < -0.4 is 5.32 Å². The fourth-order valence-electron chi connectivity index (χ4n) is 3.12. The third-order valence-electron chi connectivity index (χ3n) is 4.38. The van der Waals surface area contributed by atoms with Crippen LogP contribution in [0.5, 0.6) is 0 Å². The minimum absolute atomic E-state index is 0.595. The second-order valence-electron chi connectivity index (χ2n) is 6.12. The normalized spacial score (nSPS) is 14.6. The van der Waals surface area contributed by atoms with Gasteiger partial charge < -0.3 is 5.32 Å². The third-order valence-corrected chi connectivity index (χ3v) is 5.61. The Bertz CT molecular complexity index is 928. The van der Waals surface area contributed by atoms with Crippen LogP contribution >= 0.6 is 22.9 Å². The molecule has 3 heterocycles. The summed E-state index contributed by atoms with van der Waals surface area (Å²) >= 11 is 7.52. The molecule has 0 atom stereocenters. The molecule has 26 heavy (non-hydrogen) atoms. The van der Waals surface area contributed by atoms with Gasteiger partial charge in [-0.15, -0.1) is 11.3 Å². The van der Waals surface area contributed by atoms with Gasteiger partial charge in [0.15, 0.2) is 0 Å². The summed E-state index contributed by atoms with van der Waals surface area (Å²) in [5.41, 5.74) is 1.85. The van der Waals surface area contributed by atoms with Crippen LogP contribution in [0.25, 0.3) is 16.3 Å². The number of anilines is 1. The average molecular weight is 398 g/mol. The molecule has 0 unspecified atom stereocenters. The zero-order valence-corrected chi connectivity index (χ0v) is 15.2. The van der Waals surface area contributed by atoms with Crippen molar-refractivity contribution < 1.29 is 13.2 Å². The Labute approximate surface area is 157 Å². The highest BCUT2D eigenvalue weighted by molar-refractivity contribution is 7.19. The molecule has 8 heteroatoms. The van der Waals surface area contributed by atoms with Crippen molar-refractivity contribution in [3.8, 4) is 16.3 Å². The largest absolute Gasteiger partial charge is 0.416 e. The second kappa shape index (κ2) is 6.63. The molecule has 0 fully saturated rings. The Morgan fingerprint density at radius 3 is 2.50 bits per heavy atom. The van der Waals surface area contributed by atoms with Gasteiger partial charge in [-0.3, -0.25) is 0 Å². The van der Waals surface area contributed by atoms with Gasteiger partial charge >= 0.3 is 6.18 Å². The van der Waals surface area contributed by atoms with Crippen LogP contribution in [0.3, 0.4) is 0 Å². The fourth-order valence-corrected chi connectivity index (χ4v) is 4.18. The van der Waals surface area contributed by atoms with Crippen LogP contribution in [0, 0.1) is 0 Å². The van der Waals surface area contributed by atoms with Crippen LogP contribution in [-0.4, -0.2) is 16.3 Å². The Balaban J connectivity index is 1.82. The molecule has 3 aromatic rings. The number of nitrogens with zero attached hydrogens (tertiary/aromatic N) is 2. The minimum atomic E-state index is -4.35. The van der Waals surface area contributed by atoms with Crippen LogP contribution in [0.1, 0.15) is 24.0 Å². The summed E-state index contributed by atoms with van der Waals surface area (Å²) in [6.45, 7) is 0.809. The highest BCUT2D eigenvalue weighted by Crippen LogP contribution is 2.38. The molecular formula is C18H15ClF3N3S. The number of hydrogen-bond acceptors (Lipinski definition) is 3. The van der Waals surface area contributed by atoms with E-state index in [0.717, 1.165) is 59.9 Å². The molecule has 0 aliphatic carbocycles. The lowest BCUT2D eigenvalue weighted by Crippen LogP contribution is -2.08. The van der Waals surface area contributed by atoms with Crippen molar-refractivity contribution in [2.24, 2.45) is 0 Å². The molecule has 0 radical (unpaired) electrons. The molecule has 1 N–H and O–H groups in total. The summed E-state index contributed by atoms with van der Waals surface area (Å²) in [5, 5.41) is 8.09. The summed E-state index contributed by atoms with van der Waals surface area (Å²) in [7, 11) is 0. The van der Waals surface area contributed by atoms with E-state index in [2.05, 4.69) is 5.32 Å². The van der Waals surface area contributed by atoms with Crippen molar-refractivity contribution in [3.63, 3.8) is 0 Å². The van der Waals surface area contributed by atoms with E-state index < -0.39 is 11.7 Å². The summed E-state index contributed by atoms with van der Waals surface area (Å²) in [6, 6.07) is 8.83. The highest BCUT2D eigenvalue weighted by atomic mass is 35.5. The molecule has 3 nitrogen and oxygen atoms in total. The van der Waals surface area contributed by atoms with E-state index in [1.54, 1.807) is 4.68 Å². The number of hydrogen-bond donors (Lipinski definition) is 1. The van der Waals surface area contributed by atoms with E-state index >= 15 is 0 Å². The van der Waals surface area contributed by atoms with Crippen molar-refractivity contribution in [2.45, 2.75) is 25.4 Å². The van der Waals surface area contributed by atoms with Gasteiger partial charge in [-0.1, -0.05) is 11.6 Å². The Kier molecular flexibility index (Phi) is 4.44. The maximum atomic E-state index is 12.8. The first kappa shape index (κ1) is 17.4. The first-order valence-electron chi connectivity index (χ1n) is 8.22. The maximum Gasteiger partial charge on any atom is 0.416 e. The summed E-state index contributed by atoms with van der Waals surface area (Å²) in [5.74, 6) is 0.849. The first-order chi connectivity index (χ1) is 12.4. The number of nitrogens with one attached hydrogen (secondary N) is 1. The lowest BCUT2D eigenvalue weighted by molar-refractivity contribution is -0.137. The van der Waals surface area contributed by atoms with E-state index in [1.165, 1.54) is 23.5 Å². The molecule has 136 valence electrons. The SMILES string of the molecule is FC(F)(F)c1ccc(-n2nc(-c3ccc(Cl)s3)c3c2NCCCC3)cc1. The van der Waals surface area contributed by atoms with Gasteiger partial charge in [-0.2, -0.15) is 18.3 Å². The lowest BCUT2D eigenvalue weighted by atomic mass is 10.1. The zero-order valence-electron chi connectivity index (χ0n) is 13.6. The van der Waals surface area contributed by atoms with Gasteiger partial charge in [-0.25, -0.2) is 4.68 Å². The molecular weight excluding hydrogens is 383 g/mol. The van der Waals surface area contributed by atoms with E-state index in [1.807, 2.05) is 12.1 Å². The van der Waals surface area contributed by atoms with Crippen molar-refractivity contribution in [1.29, 1.82) is 0 Å². The first-order valence-corrected chi connectivity index (χ1v) is 9.42. The number of rotatable bonds is 2. The predicted molar refractivity (Wildman–Crippen MR) is 98.3 cm³/mol. The minimum Gasteiger partial charge on any atom is -0.370 e. The molecule has 2 aromatic heterocycles.